The van der Waals surface area contributed by atoms with Crippen molar-refractivity contribution in [1.29, 1.82) is 0 Å². The monoisotopic (exact) mass is 159 g/mol. The molecule has 1 aliphatic rings. The summed E-state index contributed by atoms with van der Waals surface area (Å²) in [7, 11) is 0. The van der Waals surface area contributed by atoms with E-state index in [-0.39, 0.29) is 6.04 Å². The molecule has 0 bridgehead atoms. The molecule has 0 aliphatic heterocycles. The Bertz CT molecular complexity index is 160. The molecule has 1 aliphatic carbocycles. The predicted octanol–water partition coefficient (Wildman–Crippen LogP) is -0.441. The Labute approximate surface area is 65.0 Å². The lowest BCUT2D eigenvalue weighted by Gasteiger charge is -2.28. The maximum atomic E-state index is 10.5. The molecule has 0 aromatic carbocycles. The summed E-state index contributed by atoms with van der Waals surface area (Å²) in [6.07, 6.45) is 0.868. The van der Waals surface area contributed by atoms with Crippen LogP contribution in [0.2, 0.25) is 0 Å². The van der Waals surface area contributed by atoms with E-state index in [0.717, 1.165) is 0 Å². The fraction of sp³-hybridized carbons (Fsp3) is 0.857. The number of carbonyl (C=O) groups is 1. The molecule has 0 aromatic rings. The average Bonchev–Trinajstić information content (AvgIpc) is 1.94. The molecule has 1 fully saturated rings. The zero-order chi connectivity index (χ0) is 8.43. The summed E-state index contributed by atoms with van der Waals surface area (Å²) in [5.41, 5.74) is 5.50. The third-order valence-electron chi connectivity index (χ3n) is 2.22. The molecular formula is C7H13NO3. The number of carboxylic acid groups (broad SMARTS) is 1. The highest BCUT2D eigenvalue weighted by Crippen LogP contribution is 2.23. The van der Waals surface area contributed by atoms with Gasteiger partial charge in [0, 0.05) is 6.04 Å². The van der Waals surface area contributed by atoms with Gasteiger partial charge in [-0.1, -0.05) is 0 Å². The van der Waals surface area contributed by atoms with Crippen LogP contribution in [0.3, 0.4) is 0 Å². The molecule has 0 saturated heterocycles. The van der Waals surface area contributed by atoms with E-state index in [4.69, 9.17) is 10.8 Å². The standard InChI is InChI=1S/C7H13NO3/c8-5-2-1-4(7(10)11)3-6(5)9/h4-6,9H,1-3,8H2,(H,10,11)/t4-,5+,6+/m1/s1. The minimum absolute atomic E-state index is 0.231. The third-order valence-corrected chi connectivity index (χ3v) is 2.22. The van der Waals surface area contributed by atoms with Gasteiger partial charge in [0.05, 0.1) is 12.0 Å². The smallest absolute Gasteiger partial charge is 0.306 e. The first kappa shape index (κ1) is 8.49. The van der Waals surface area contributed by atoms with E-state index in [2.05, 4.69) is 0 Å². The Morgan fingerprint density at radius 1 is 1.45 bits per heavy atom. The summed E-state index contributed by atoms with van der Waals surface area (Å²) in [4.78, 5) is 10.5. The van der Waals surface area contributed by atoms with Crippen LogP contribution in [-0.4, -0.2) is 28.3 Å². The van der Waals surface area contributed by atoms with Crippen molar-refractivity contribution < 1.29 is 15.0 Å². The zero-order valence-electron chi connectivity index (χ0n) is 6.23. The first-order valence-electron chi connectivity index (χ1n) is 3.77. The molecule has 0 unspecified atom stereocenters. The van der Waals surface area contributed by atoms with Gasteiger partial charge in [0.2, 0.25) is 0 Å². The largest absolute Gasteiger partial charge is 0.481 e. The van der Waals surface area contributed by atoms with Crippen LogP contribution in [0.15, 0.2) is 0 Å². The lowest BCUT2D eigenvalue weighted by molar-refractivity contribution is -0.144. The van der Waals surface area contributed by atoms with Crippen LogP contribution in [0.1, 0.15) is 19.3 Å². The first-order chi connectivity index (χ1) is 5.11. The lowest BCUT2D eigenvalue weighted by Crippen LogP contribution is -2.41. The zero-order valence-corrected chi connectivity index (χ0v) is 6.23. The molecule has 64 valence electrons. The van der Waals surface area contributed by atoms with Crippen molar-refractivity contribution in [2.45, 2.75) is 31.4 Å². The Morgan fingerprint density at radius 2 is 2.09 bits per heavy atom. The maximum absolute atomic E-state index is 10.5. The van der Waals surface area contributed by atoms with E-state index in [0.29, 0.717) is 19.3 Å². The van der Waals surface area contributed by atoms with Crippen molar-refractivity contribution in [3.05, 3.63) is 0 Å². The second-order valence-electron chi connectivity index (χ2n) is 3.08. The van der Waals surface area contributed by atoms with Gasteiger partial charge in [-0.25, -0.2) is 0 Å². The van der Waals surface area contributed by atoms with Crippen LogP contribution in [-0.2, 0) is 4.79 Å². The second kappa shape index (κ2) is 3.19. The van der Waals surface area contributed by atoms with Crippen molar-refractivity contribution in [2.75, 3.05) is 0 Å². The van der Waals surface area contributed by atoms with E-state index >= 15 is 0 Å². The summed E-state index contributed by atoms with van der Waals surface area (Å²) in [6.45, 7) is 0. The Hall–Kier alpha value is -0.610. The van der Waals surface area contributed by atoms with Crippen LogP contribution in [0.4, 0.5) is 0 Å². The van der Waals surface area contributed by atoms with Gasteiger partial charge in [-0.05, 0) is 19.3 Å². The molecule has 0 heterocycles. The number of rotatable bonds is 1. The minimum Gasteiger partial charge on any atom is -0.481 e. The molecule has 11 heavy (non-hydrogen) atoms. The molecule has 4 heteroatoms. The Kier molecular flexibility index (Phi) is 2.46. The van der Waals surface area contributed by atoms with Gasteiger partial charge >= 0.3 is 5.97 Å². The number of aliphatic hydroxyl groups is 1. The molecule has 4 nitrogen and oxygen atoms in total. The van der Waals surface area contributed by atoms with E-state index < -0.39 is 18.0 Å². The lowest BCUT2D eigenvalue weighted by atomic mass is 9.84. The molecule has 4 N–H and O–H groups in total. The van der Waals surface area contributed by atoms with Crippen LogP contribution in [0.5, 0.6) is 0 Å². The maximum Gasteiger partial charge on any atom is 0.306 e. The summed E-state index contributed by atoms with van der Waals surface area (Å²) in [6, 6.07) is -0.231. The number of nitrogens with two attached hydrogens (primary N) is 1. The summed E-state index contributed by atoms with van der Waals surface area (Å²) < 4.78 is 0. The summed E-state index contributed by atoms with van der Waals surface area (Å²) in [5.74, 6) is -1.22. The van der Waals surface area contributed by atoms with E-state index in [9.17, 15) is 9.90 Å². The van der Waals surface area contributed by atoms with Crippen molar-refractivity contribution in [2.24, 2.45) is 11.7 Å². The van der Waals surface area contributed by atoms with Gasteiger partial charge in [0.25, 0.3) is 0 Å². The first-order valence-corrected chi connectivity index (χ1v) is 3.77. The van der Waals surface area contributed by atoms with Gasteiger partial charge < -0.3 is 15.9 Å². The summed E-state index contributed by atoms with van der Waals surface area (Å²) in [5, 5.41) is 17.8. The average molecular weight is 159 g/mol. The van der Waals surface area contributed by atoms with Gasteiger partial charge in [0.1, 0.15) is 0 Å². The van der Waals surface area contributed by atoms with Gasteiger partial charge in [0.15, 0.2) is 0 Å². The minimum atomic E-state index is -0.823. The quantitative estimate of drug-likeness (QED) is 0.484. The SMILES string of the molecule is N[C@H]1CC[C@@H](C(=O)O)C[C@@H]1O. The molecule has 1 saturated carbocycles. The molecule has 0 aromatic heterocycles. The van der Waals surface area contributed by atoms with Gasteiger partial charge in [-0.3, -0.25) is 4.79 Å². The van der Waals surface area contributed by atoms with Crippen molar-refractivity contribution >= 4 is 5.97 Å². The molecule has 0 amide bonds. The molecule has 0 spiro atoms. The highest BCUT2D eigenvalue weighted by molar-refractivity contribution is 5.70. The number of hydrogen-bond acceptors (Lipinski definition) is 3. The fourth-order valence-electron chi connectivity index (χ4n) is 1.39. The van der Waals surface area contributed by atoms with Crippen molar-refractivity contribution in [3.63, 3.8) is 0 Å². The van der Waals surface area contributed by atoms with Crippen LogP contribution in [0, 0.1) is 5.92 Å². The normalized spacial score (nSPS) is 38.5. The van der Waals surface area contributed by atoms with Crippen LogP contribution >= 0.6 is 0 Å². The number of aliphatic carboxylic acids is 1. The second-order valence-corrected chi connectivity index (χ2v) is 3.08. The summed E-state index contributed by atoms with van der Waals surface area (Å²) >= 11 is 0. The Balaban J connectivity index is 2.46. The molecule has 3 atom stereocenters. The number of hydrogen-bond donors (Lipinski definition) is 3. The number of carboxylic acids is 1. The third kappa shape index (κ3) is 1.91. The molecular weight excluding hydrogens is 146 g/mol. The van der Waals surface area contributed by atoms with Crippen molar-refractivity contribution in [1.82, 2.24) is 0 Å². The van der Waals surface area contributed by atoms with Crippen LogP contribution in [0.25, 0.3) is 0 Å². The highest BCUT2D eigenvalue weighted by Gasteiger charge is 2.30. The number of aliphatic hydroxyl groups excluding tert-OH is 1. The highest BCUT2D eigenvalue weighted by atomic mass is 16.4. The van der Waals surface area contributed by atoms with E-state index in [1.807, 2.05) is 0 Å². The van der Waals surface area contributed by atoms with E-state index in [1.54, 1.807) is 0 Å². The predicted molar refractivity (Wildman–Crippen MR) is 39.0 cm³/mol. The van der Waals surface area contributed by atoms with Crippen LogP contribution < -0.4 is 5.73 Å². The Morgan fingerprint density at radius 3 is 2.55 bits per heavy atom. The van der Waals surface area contributed by atoms with Gasteiger partial charge in [-0.2, -0.15) is 0 Å². The van der Waals surface area contributed by atoms with Gasteiger partial charge in [-0.15, -0.1) is 0 Å². The molecule has 1 rings (SSSR count). The van der Waals surface area contributed by atoms with Crippen molar-refractivity contribution in [3.8, 4) is 0 Å². The fourth-order valence-corrected chi connectivity index (χ4v) is 1.39. The molecule has 0 radical (unpaired) electrons. The topological polar surface area (TPSA) is 83.6 Å². The van der Waals surface area contributed by atoms with E-state index in [1.165, 1.54) is 0 Å².